The van der Waals surface area contributed by atoms with Crippen LogP contribution >= 0.6 is 0 Å². The molecule has 3 rings (SSSR count). The third-order valence-electron chi connectivity index (χ3n) is 4.35. The lowest BCUT2D eigenvalue weighted by atomic mass is 10.1. The van der Waals surface area contributed by atoms with Crippen LogP contribution in [-0.4, -0.2) is 24.5 Å². The Morgan fingerprint density at radius 1 is 1.03 bits per heavy atom. The Morgan fingerprint density at radius 2 is 1.75 bits per heavy atom. The minimum atomic E-state index is 0.0691. The van der Waals surface area contributed by atoms with Crippen molar-refractivity contribution in [2.75, 3.05) is 13.7 Å². The first-order chi connectivity index (χ1) is 15.6. The quantitative estimate of drug-likeness (QED) is 0.443. The fourth-order valence-electron chi connectivity index (χ4n) is 2.93. The van der Waals surface area contributed by atoms with Gasteiger partial charge < -0.3 is 10.1 Å². The zero-order chi connectivity index (χ0) is 23.6. The van der Waals surface area contributed by atoms with E-state index < -0.39 is 0 Å². The number of carbonyl (C=O) groups is 1. The lowest BCUT2D eigenvalue weighted by Gasteiger charge is -2.06. The molecular weight excluding hydrogens is 396 g/mol. The summed E-state index contributed by atoms with van der Waals surface area (Å²) in [5.74, 6) is 0.965. The van der Waals surface area contributed by atoms with Crippen molar-refractivity contribution in [3.05, 3.63) is 78.0 Å². The number of fused-ring (bicyclic) bond motifs is 1. The Bertz CT molecular complexity index is 937. The van der Waals surface area contributed by atoms with E-state index in [0.717, 1.165) is 29.7 Å². The first-order valence-corrected chi connectivity index (χ1v) is 11.5. The standard InChI is InChI=1S/C13H15NO.C12H15NO.C3H8/c1-3-4-10-7-8-14-13-6-5-11(15-2)9-12(10)13;1-2-13-12(14)10-6-9-11-7-4-3-5-8-11;1-3-2/h5-9H,3-4H2,1-2H3;3-9H,2,10H2,1H3,(H,13,14);3H2,1-2H3/b;9-6+;. The molecule has 2 aromatic carbocycles. The second kappa shape index (κ2) is 16.5. The minimum Gasteiger partial charge on any atom is -0.497 e. The molecule has 0 unspecified atom stereocenters. The van der Waals surface area contributed by atoms with Crippen molar-refractivity contribution >= 4 is 22.9 Å². The van der Waals surface area contributed by atoms with Gasteiger partial charge in [0.1, 0.15) is 5.75 Å². The highest BCUT2D eigenvalue weighted by Gasteiger charge is 2.02. The molecule has 1 aromatic heterocycles. The number of hydrogen-bond donors (Lipinski definition) is 1. The molecule has 0 bridgehead atoms. The highest BCUT2D eigenvalue weighted by atomic mass is 16.5. The number of benzene rings is 2. The van der Waals surface area contributed by atoms with Gasteiger partial charge in [0.2, 0.25) is 5.91 Å². The van der Waals surface area contributed by atoms with Crippen molar-refractivity contribution in [1.29, 1.82) is 0 Å². The van der Waals surface area contributed by atoms with E-state index in [2.05, 4.69) is 43.2 Å². The number of nitrogens with zero attached hydrogens (tertiary/aromatic N) is 1. The van der Waals surface area contributed by atoms with Gasteiger partial charge in [-0.15, -0.1) is 0 Å². The molecule has 0 spiro atoms. The number of aryl methyl sites for hydroxylation is 1. The van der Waals surface area contributed by atoms with Crippen LogP contribution in [0.5, 0.6) is 5.75 Å². The lowest BCUT2D eigenvalue weighted by Crippen LogP contribution is -2.21. The molecule has 172 valence electrons. The molecule has 0 aliphatic heterocycles. The highest BCUT2D eigenvalue weighted by Crippen LogP contribution is 2.23. The molecule has 0 atom stereocenters. The van der Waals surface area contributed by atoms with Gasteiger partial charge in [-0.1, -0.05) is 76.1 Å². The van der Waals surface area contributed by atoms with Gasteiger partial charge in [-0.3, -0.25) is 9.78 Å². The summed E-state index contributed by atoms with van der Waals surface area (Å²) in [7, 11) is 1.69. The second-order valence-corrected chi connectivity index (χ2v) is 7.28. The monoisotopic (exact) mass is 434 g/mol. The zero-order valence-electron chi connectivity index (χ0n) is 20.2. The summed E-state index contributed by atoms with van der Waals surface area (Å²) in [4.78, 5) is 15.4. The van der Waals surface area contributed by atoms with Crippen LogP contribution in [0.2, 0.25) is 0 Å². The Labute approximate surface area is 193 Å². The third-order valence-corrected chi connectivity index (χ3v) is 4.35. The van der Waals surface area contributed by atoms with Gasteiger partial charge in [0.25, 0.3) is 0 Å². The predicted octanol–water partition coefficient (Wildman–Crippen LogP) is 6.84. The summed E-state index contributed by atoms with van der Waals surface area (Å²) in [5, 5.41) is 3.95. The van der Waals surface area contributed by atoms with Crippen LogP contribution in [0.3, 0.4) is 0 Å². The van der Waals surface area contributed by atoms with E-state index >= 15 is 0 Å². The molecule has 3 aromatic rings. The van der Waals surface area contributed by atoms with Crippen LogP contribution in [0, 0.1) is 0 Å². The Balaban J connectivity index is 0.000000286. The molecule has 4 heteroatoms. The van der Waals surface area contributed by atoms with Gasteiger partial charge in [-0.05, 0) is 48.7 Å². The van der Waals surface area contributed by atoms with E-state index in [1.807, 2.05) is 67.7 Å². The molecule has 0 radical (unpaired) electrons. The molecule has 0 aliphatic carbocycles. The summed E-state index contributed by atoms with van der Waals surface area (Å²) < 4.78 is 5.23. The van der Waals surface area contributed by atoms with Crippen LogP contribution in [0.1, 0.15) is 58.1 Å². The van der Waals surface area contributed by atoms with Crippen LogP contribution in [-0.2, 0) is 11.2 Å². The van der Waals surface area contributed by atoms with Crippen LogP contribution in [0.25, 0.3) is 17.0 Å². The molecule has 4 nitrogen and oxygen atoms in total. The van der Waals surface area contributed by atoms with E-state index in [1.165, 1.54) is 17.4 Å². The first kappa shape index (κ1) is 26.9. The van der Waals surface area contributed by atoms with Crippen molar-refractivity contribution < 1.29 is 9.53 Å². The van der Waals surface area contributed by atoms with Gasteiger partial charge in [0, 0.05) is 24.5 Å². The maximum absolute atomic E-state index is 11.1. The first-order valence-electron chi connectivity index (χ1n) is 11.5. The molecule has 0 saturated carbocycles. The van der Waals surface area contributed by atoms with Crippen molar-refractivity contribution in [2.24, 2.45) is 0 Å². The largest absolute Gasteiger partial charge is 0.497 e. The number of hydrogen-bond acceptors (Lipinski definition) is 3. The number of methoxy groups -OCH3 is 1. The van der Waals surface area contributed by atoms with Crippen molar-refractivity contribution in [2.45, 2.75) is 53.4 Å². The normalized spacial score (nSPS) is 10.0. The van der Waals surface area contributed by atoms with Gasteiger partial charge in [0.15, 0.2) is 0 Å². The summed E-state index contributed by atoms with van der Waals surface area (Å²) >= 11 is 0. The molecule has 0 aliphatic rings. The van der Waals surface area contributed by atoms with Crippen LogP contribution in [0.4, 0.5) is 0 Å². The van der Waals surface area contributed by atoms with Crippen molar-refractivity contribution in [3.8, 4) is 5.75 Å². The van der Waals surface area contributed by atoms with Gasteiger partial charge in [-0.2, -0.15) is 0 Å². The number of nitrogens with one attached hydrogen (secondary N) is 1. The lowest BCUT2D eigenvalue weighted by molar-refractivity contribution is -0.120. The second-order valence-electron chi connectivity index (χ2n) is 7.28. The smallest absolute Gasteiger partial charge is 0.223 e. The molecule has 0 saturated heterocycles. The highest BCUT2D eigenvalue weighted by molar-refractivity contribution is 5.83. The fourth-order valence-corrected chi connectivity index (χ4v) is 2.93. The van der Waals surface area contributed by atoms with Gasteiger partial charge in [-0.25, -0.2) is 0 Å². The molecule has 1 heterocycles. The fraction of sp³-hybridized carbons (Fsp3) is 0.357. The molecule has 0 fully saturated rings. The predicted molar refractivity (Wildman–Crippen MR) is 137 cm³/mol. The molecule has 1 amide bonds. The van der Waals surface area contributed by atoms with Gasteiger partial charge >= 0.3 is 0 Å². The molecular formula is C28H38N2O2. The average Bonchev–Trinajstić information content (AvgIpc) is 2.81. The van der Waals surface area contributed by atoms with Crippen molar-refractivity contribution in [1.82, 2.24) is 10.3 Å². The number of aromatic nitrogens is 1. The summed E-state index contributed by atoms with van der Waals surface area (Å²) in [6.45, 7) is 9.04. The van der Waals surface area contributed by atoms with E-state index in [1.54, 1.807) is 7.11 Å². The zero-order valence-corrected chi connectivity index (χ0v) is 20.2. The van der Waals surface area contributed by atoms with Gasteiger partial charge in [0.05, 0.1) is 12.6 Å². The number of pyridine rings is 1. The van der Waals surface area contributed by atoms with Crippen molar-refractivity contribution in [3.63, 3.8) is 0 Å². The summed E-state index contributed by atoms with van der Waals surface area (Å²) in [5.41, 5.74) is 3.51. The minimum absolute atomic E-state index is 0.0691. The number of ether oxygens (including phenoxy) is 1. The summed E-state index contributed by atoms with van der Waals surface area (Å²) in [6.07, 6.45) is 9.64. The maximum Gasteiger partial charge on any atom is 0.223 e. The van der Waals surface area contributed by atoms with E-state index in [4.69, 9.17) is 4.74 Å². The van der Waals surface area contributed by atoms with E-state index in [-0.39, 0.29) is 5.91 Å². The third kappa shape index (κ3) is 10.3. The molecule has 32 heavy (non-hydrogen) atoms. The Hall–Kier alpha value is -3.14. The Kier molecular flexibility index (Phi) is 13.9. The molecule has 1 N–H and O–H groups in total. The van der Waals surface area contributed by atoms with Crippen LogP contribution < -0.4 is 10.1 Å². The SMILES string of the molecule is CCC.CCCc1ccnc2ccc(OC)cc12.CCNC(=O)C/C=C/c1ccccc1. The van der Waals surface area contributed by atoms with Crippen LogP contribution in [0.15, 0.2) is 66.9 Å². The number of carbonyl (C=O) groups excluding carboxylic acids is 1. The summed E-state index contributed by atoms with van der Waals surface area (Å²) in [6, 6.07) is 18.1. The maximum atomic E-state index is 11.1. The number of rotatable bonds is 7. The topological polar surface area (TPSA) is 51.2 Å². The average molecular weight is 435 g/mol. The van der Waals surface area contributed by atoms with E-state index in [0.29, 0.717) is 13.0 Å². The number of amides is 1. The Morgan fingerprint density at radius 3 is 2.38 bits per heavy atom. The van der Waals surface area contributed by atoms with E-state index in [9.17, 15) is 4.79 Å².